The van der Waals surface area contributed by atoms with Gasteiger partial charge in [0.25, 0.3) is 0 Å². The predicted octanol–water partition coefficient (Wildman–Crippen LogP) is 3.82. The molecule has 0 saturated carbocycles. The fourth-order valence-corrected chi connectivity index (χ4v) is 14.9. The van der Waals surface area contributed by atoms with Crippen LogP contribution in [0.25, 0.3) is 10.9 Å². The molecule has 5 heteroatoms. The summed E-state index contributed by atoms with van der Waals surface area (Å²) in [7, 11) is 0. The molecule has 0 atom stereocenters. The van der Waals surface area contributed by atoms with Crippen molar-refractivity contribution >= 4 is 46.4 Å². The number of carbonyl (C=O) groups is 1. The number of benzene rings is 4. The first-order chi connectivity index (χ1) is 16.8. The Balaban J connectivity index is 1.52. The Morgan fingerprint density at radius 1 is 0.647 bits per heavy atom. The second-order valence-corrected chi connectivity index (χ2v) is 17.3. The summed E-state index contributed by atoms with van der Waals surface area (Å²) in [4.78, 5) is 17.8. The molecule has 0 aliphatic carbocycles. The van der Waals surface area contributed by atoms with E-state index in [1.54, 1.807) is 6.20 Å². The standard InChI is InChI=1S/C11H9NO3.3C6H5.Sn/c13-10(14)7-15-9-5-1-3-8-4-2-6-12-11(8)9;3*1-2-4-6-5-3-1;/h1-6H,7H2,(H,13,14);3*1-5H;/q;;;;+1/p-1. The number of carbonyl (C=O) groups excluding carboxylic acids is 1. The first-order valence-corrected chi connectivity index (χ1v) is 16.6. The zero-order valence-electron chi connectivity index (χ0n) is 18.5. The molecule has 0 aliphatic rings. The molecule has 1 heterocycles. The van der Waals surface area contributed by atoms with Crippen molar-refractivity contribution < 1.29 is 12.6 Å². The van der Waals surface area contributed by atoms with Crippen LogP contribution in [-0.2, 0) is 7.87 Å². The van der Waals surface area contributed by atoms with Gasteiger partial charge in [0.15, 0.2) is 0 Å². The molecule has 0 radical (unpaired) electrons. The van der Waals surface area contributed by atoms with Gasteiger partial charge in [-0.25, -0.2) is 0 Å². The zero-order chi connectivity index (χ0) is 23.2. The second-order valence-electron chi connectivity index (χ2n) is 7.87. The summed E-state index contributed by atoms with van der Waals surface area (Å²) in [6.07, 6.45) is 1.72. The molecular weight excluding hydrogens is 529 g/mol. The normalized spacial score (nSPS) is 11.2. The van der Waals surface area contributed by atoms with Crippen molar-refractivity contribution in [1.82, 2.24) is 4.98 Å². The Morgan fingerprint density at radius 2 is 1.18 bits per heavy atom. The van der Waals surface area contributed by atoms with Gasteiger partial charge in [-0.15, -0.1) is 0 Å². The molecule has 34 heavy (non-hydrogen) atoms. The van der Waals surface area contributed by atoms with E-state index in [1.807, 2.05) is 84.9 Å². The summed E-state index contributed by atoms with van der Waals surface area (Å²) in [5.74, 6) is 0.176. The number of nitrogens with zero attached hydrogens (tertiary/aromatic N) is 1. The molecule has 1 aromatic heterocycles. The number of pyridine rings is 1. The van der Waals surface area contributed by atoms with Gasteiger partial charge < -0.3 is 0 Å². The minimum atomic E-state index is -4.15. The van der Waals surface area contributed by atoms with Crippen LogP contribution in [0, 0.1) is 0 Å². The van der Waals surface area contributed by atoms with E-state index in [0.717, 1.165) is 21.6 Å². The molecule has 4 aromatic carbocycles. The number of ether oxygens (including phenoxy) is 1. The van der Waals surface area contributed by atoms with Crippen molar-refractivity contribution in [2.24, 2.45) is 0 Å². The molecule has 0 unspecified atom stereocenters. The third-order valence-electron chi connectivity index (χ3n) is 5.75. The molecule has 0 saturated heterocycles. The molecule has 5 rings (SSSR count). The van der Waals surface area contributed by atoms with Gasteiger partial charge in [-0.3, -0.25) is 0 Å². The third-order valence-corrected chi connectivity index (χ3v) is 17.1. The molecule has 166 valence electrons. The molecular formula is C29H23NO3Sn. The fourth-order valence-electron chi connectivity index (χ4n) is 4.22. The van der Waals surface area contributed by atoms with E-state index in [9.17, 15) is 4.79 Å². The minimum absolute atomic E-state index is 0.194. The Morgan fingerprint density at radius 3 is 1.74 bits per heavy atom. The number of rotatable bonds is 7. The summed E-state index contributed by atoms with van der Waals surface area (Å²) < 4.78 is 15.7. The quantitative estimate of drug-likeness (QED) is 0.289. The van der Waals surface area contributed by atoms with Crippen molar-refractivity contribution in [1.29, 1.82) is 0 Å². The van der Waals surface area contributed by atoms with E-state index in [4.69, 9.17) is 7.81 Å². The van der Waals surface area contributed by atoms with Gasteiger partial charge in [0.2, 0.25) is 0 Å². The Kier molecular flexibility index (Phi) is 6.58. The maximum absolute atomic E-state index is 13.4. The molecule has 0 fully saturated rings. The molecule has 0 aliphatic heterocycles. The van der Waals surface area contributed by atoms with Gasteiger partial charge in [-0.1, -0.05) is 0 Å². The van der Waals surface area contributed by atoms with Crippen LogP contribution in [0.5, 0.6) is 5.75 Å². The number of hydrogen-bond donors (Lipinski definition) is 0. The van der Waals surface area contributed by atoms with Gasteiger partial charge in [-0.05, 0) is 0 Å². The van der Waals surface area contributed by atoms with E-state index in [2.05, 4.69) is 41.4 Å². The Hall–Kier alpha value is -3.64. The first kappa shape index (κ1) is 22.2. The number of aromatic nitrogens is 1. The number of hydrogen-bond acceptors (Lipinski definition) is 4. The van der Waals surface area contributed by atoms with E-state index in [-0.39, 0.29) is 12.6 Å². The van der Waals surface area contributed by atoms with Gasteiger partial charge in [0.1, 0.15) is 0 Å². The van der Waals surface area contributed by atoms with Crippen LogP contribution < -0.4 is 15.5 Å². The monoisotopic (exact) mass is 553 g/mol. The van der Waals surface area contributed by atoms with Gasteiger partial charge in [0.05, 0.1) is 0 Å². The fraction of sp³-hybridized carbons (Fsp3) is 0.0345. The average molecular weight is 552 g/mol. The van der Waals surface area contributed by atoms with Crippen molar-refractivity contribution in [3.8, 4) is 5.75 Å². The van der Waals surface area contributed by atoms with Crippen LogP contribution in [0.2, 0.25) is 0 Å². The first-order valence-electron chi connectivity index (χ1n) is 11.1. The predicted molar refractivity (Wildman–Crippen MR) is 137 cm³/mol. The Bertz CT molecular complexity index is 1290. The van der Waals surface area contributed by atoms with Crippen molar-refractivity contribution in [2.75, 3.05) is 6.61 Å². The summed E-state index contributed by atoms with van der Waals surface area (Å²) in [5.41, 5.74) is 0.724. The number of fused-ring (bicyclic) bond motifs is 1. The van der Waals surface area contributed by atoms with Gasteiger partial charge in [0, 0.05) is 0 Å². The van der Waals surface area contributed by atoms with Crippen LogP contribution >= 0.6 is 0 Å². The van der Waals surface area contributed by atoms with Crippen molar-refractivity contribution in [2.45, 2.75) is 0 Å². The molecule has 0 amide bonds. The van der Waals surface area contributed by atoms with E-state index < -0.39 is 18.8 Å². The third kappa shape index (κ3) is 4.41. The van der Waals surface area contributed by atoms with E-state index in [0.29, 0.717) is 5.75 Å². The van der Waals surface area contributed by atoms with E-state index in [1.165, 1.54) is 0 Å². The SMILES string of the molecule is O=C(COc1cccc2cccnc12)[O][Sn]([c]1ccccc1)([c]1ccccc1)[c]1ccccc1. The molecule has 5 aromatic rings. The van der Waals surface area contributed by atoms with Crippen LogP contribution in [0.1, 0.15) is 0 Å². The van der Waals surface area contributed by atoms with Gasteiger partial charge >= 0.3 is 204 Å². The zero-order valence-corrected chi connectivity index (χ0v) is 21.4. The second kappa shape index (κ2) is 10.1. The van der Waals surface area contributed by atoms with Crippen LogP contribution in [0.3, 0.4) is 0 Å². The summed E-state index contributed by atoms with van der Waals surface area (Å²) >= 11 is -4.15. The number of para-hydroxylation sites is 1. The van der Waals surface area contributed by atoms with Crippen LogP contribution in [-0.4, -0.2) is 36.4 Å². The topological polar surface area (TPSA) is 48.4 Å². The van der Waals surface area contributed by atoms with Crippen molar-refractivity contribution in [3.63, 3.8) is 0 Å². The van der Waals surface area contributed by atoms with E-state index >= 15 is 0 Å². The summed E-state index contributed by atoms with van der Waals surface area (Å²) in [6, 6.07) is 39.9. The average Bonchev–Trinajstić information content (AvgIpc) is 2.92. The summed E-state index contributed by atoms with van der Waals surface area (Å²) in [5, 5.41) is 0.958. The molecule has 0 bridgehead atoms. The van der Waals surface area contributed by atoms with Crippen LogP contribution in [0.4, 0.5) is 0 Å². The van der Waals surface area contributed by atoms with Gasteiger partial charge in [-0.2, -0.15) is 0 Å². The summed E-state index contributed by atoms with van der Waals surface area (Å²) in [6.45, 7) is -0.194. The molecule has 0 N–H and O–H groups in total. The maximum atomic E-state index is 13.4. The molecule has 0 spiro atoms. The van der Waals surface area contributed by atoms with Crippen molar-refractivity contribution in [3.05, 3.63) is 128 Å². The molecule has 4 nitrogen and oxygen atoms in total. The van der Waals surface area contributed by atoms with Crippen LogP contribution in [0.15, 0.2) is 128 Å². The Labute approximate surface area is 203 Å².